The Hall–Kier alpha value is -0.800. The summed E-state index contributed by atoms with van der Waals surface area (Å²) in [5.74, 6) is -1.12. The molecule has 2 aliphatic heterocycles. The first-order valence-corrected chi connectivity index (χ1v) is 11.2. The third-order valence-electron chi connectivity index (χ3n) is 4.47. The van der Waals surface area contributed by atoms with Crippen LogP contribution in [0.4, 0.5) is 5.13 Å². The van der Waals surface area contributed by atoms with Gasteiger partial charge in [-0.3, -0.25) is 4.79 Å². The largest absolute Gasteiger partial charge is 0.477 e. The molecule has 0 saturated carbocycles. The number of thiazole rings is 1. The standard InChI is InChI=1S/C16H18I2N4O4S/c1-7-12(15(24)25)27-16(19-7)22-4-3-9(11(6-22)26-2)21-14(23)10-5-8(17)13(18)20-10/h9,11H,3-6H2,1-2H3,(H,21,23)(H,24,25)/t9-,11+/m1/s1. The van der Waals surface area contributed by atoms with E-state index in [1.165, 1.54) is 11.3 Å². The van der Waals surface area contributed by atoms with Gasteiger partial charge in [-0.2, -0.15) is 0 Å². The average Bonchev–Trinajstić information content (AvgIpc) is 3.18. The molecule has 8 nitrogen and oxygen atoms in total. The lowest BCUT2D eigenvalue weighted by Gasteiger charge is -2.37. The fraction of sp³-hybridized carbons (Fsp3) is 0.500. The summed E-state index contributed by atoms with van der Waals surface area (Å²) in [7, 11) is 1.61. The van der Waals surface area contributed by atoms with Crippen LogP contribution >= 0.6 is 56.5 Å². The minimum absolute atomic E-state index is 0.127. The van der Waals surface area contributed by atoms with E-state index in [4.69, 9.17) is 4.74 Å². The highest BCUT2D eigenvalue weighted by Gasteiger charge is 2.33. The number of carbonyl (C=O) groups excluding carboxylic acids is 1. The molecule has 11 heteroatoms. The Morgan fingerprint density at radius 2 is 2.15 bits per heavy atom. The number of carbonyl (C=O) groups is 2. The van der Waals surface area contributed by atoms with Gasteiger partial charge in [0.1, 0.15) is 14.3 Å². The number of nitrogens with one attached hydrogen (secondary N) is 1. The van der Waals surface area contributed by atoms with E-state index in [1.807, 2.05) is 4.90 Å². The molecule has 3 heterocycles. The number of hydrogen-bond acceptors (Lipinski definition) is 7. The minimum atomic E-state index is -0.961. The van der Waals surface area contributed by atoms with Crippen molar-refractivity contribution < 1.29 is 19.4 Å². The fourth-order valence-corrected chi connectivity index (χ4v) is 4.94. The van der Waals surface area contributed by atoms with Crippen molar-refractivity contribution in [1.29, 1.82) is 0 Å². The van der Waals surface area contributed by atoms with Crippen molar-refractivity contribution in [2.45, 2.75) is 31.9 Å². The summed E-state index contributed by atoms with van der Waals surface area (Å²) in [4.78, 5) is 34.7. The van der Waals surface area contributed by atoms with E-state index in [0.717, 1.165) is 7.28 Å². The zero-order chi connectivity index (χ0) is 19.7. The van der Waals surface area contributed by atoms with E-state index in [-0.39, 0.29) is 22.9 Å². The number of nitrogens with zero attached hydrogens (tertiary/aromatic N) is 3. The maximum Gasteiger partial charge on any atom is 0.347 e. The van der Waals surface area contributed by atoms with E-state index in [9.17, 15) is 14.7 Å². The highest BCUT2D eigenvalue weighted by molar-refractivity contribution is 14.1. The third kappa shape index (κ3) is 4.62. The Bertz CT molecular complexity index is 838. The highest BCUT2D eigenvalue weighted by atomic mass is 127. The number of carboxylic acid groups (broad SMARTS) is 1. The number of carboxylic acids is 1. The Morgan fingerprint density at radius 1 is 1.41 bits per heavy atom. The number of aliphatic imine (C=N–C) groups is 1. The molecule has 1 aromatic rings. The maximum absolute atomic E-state index is 12.5. The van der Waals surface area contributed by atoms with Gasteiger partial charge in [0.05, 0.1) is 17.8 Å². The molecule has 0 unspecified atom stereocenters. The lowest BCUT2D eigenvalue weighted by molar-refractivity contribution is -0.116. The second kappa shape index (κ2) is 8.69. The van der Waals surface area contributed by atoms with E-state index < -0.39 is 5.97 Å². The van der Waals surface area contributed by atoms with Crippen LogP contribution in [0.25, 0.3) is 0 Å². The van der Waals surface area contributed by atoms with Crippen LogP contribution in [0, 0.1) is 6.92 Å². The quantitative estimate of drug-likeness (QED) is 0.390. The number of ether oxygens (including phenoxy) is 1. The van der Waals surface area contributed by atoms with Crippen molar-refractivity contribution in [3.63, 3.8) is 0 Å². The Kier molecular flexibility index (Phi) is 6.74. The van der Waals surface area contributed by atoms with Crippen LogP contribution in [-0.2, 0) is 9.53 Å². The molecule has 0 spiro atoms. The van der Waals surface area contributed by atoms with Gasteiger partial charge in [-0.05, 0) is 58.5 Å². The first-order chi connectivity index (χ1) is 12.8. The van der Waals surface area contributed by atoms with Crippen LogP contribution in [0.5, 0.6) is 0 Å². The van der Waals surface area contributed by atoms with Gasteiger partial charge < -0.3 is 20.1 Å². The summed E-state index contributed by atoms with van der Waals surface area (Å²) in [5, 5.41) is 12.9. The van der Waals surface area contributed by atoms with Gasteiger partial charge in [-0.25, -0.2) is 14.8 Å². The lowest BCUT2D eigenvalue weighted by atomic mass is 10.0. The summed E-state index contributed by atoms with van der Waals surface area (Å²) in [6, 6.07) is -0.127. The average molecular weight is 616 g/mol. The smallest absolute Gasteiger partial charge is 0.347 e. The first kappa shape index (κ1) is 20.9. The molecule has 1 aromatic heterocycles. The molecule has 1 amide bonds. The number of anilines is 1. The second-order valence-electron chi connectivity index (χ2n) is 6.24. The number of aromatic carboxylic acids is 1. The van der Waals surface area contributed by atoms with Crippen molar-refractivity contribution in [2.75, 3.05) is 25.1 Å². The molecule has 2 atom stereocenters. The van der Waals surface area contributed by atoms with Gasteiger partial charge in [0, 0.05) is 30.2 Å². The second-order valence-corrected chi connectivity index (χ2v) is 9.54. The topological polar surface area (TPSA) is 104 Å². The number of aryl methyl sites for hydroxylation is 1. The molecular formula is C16H18I2N4O4S. The SMILES string of the molecule is CO[C@H]1CN(c2nc(C)c(C(=O)O)s2)CC[C@H]1NC(=O)C1=NC(I)=C(I)C1. The summed E-state index contributed by atoms with van der Waals surface area (Å²) in [5.41, 5.74) is 1.05. The number of methoxy groups -OCH3 is 1. The molecule has 1 saturated heterocycles. The predicted octanol–water partition coefficient (Wildman–Crippen LogP) is 2.74. The predicted molar refractivity (Wildman–Crippen MR) is 120 cm³/mol. The molecule has 146 valence electrons. The zero-order valence-corrected chi connectivity index (χ0v) is 19.8. The van der Waals surface area contributed by atoms with Crippen molar-refractivity contribution >= 4 is 79.2 Å². The summed E-state index contributed by atoms with van der Waals surface area (Å²) < 4.78 is 7.54. The third-order valence-corrected chi connectivity index (χ3v) is 8.49. The van der Waals surface area contributed by atoms with E-state index in [0.29, 0.717) is 42.5 Å². The van der Waals surface area contributed by atoms with Gasteiger partial charge in [0.15, 0.2) is 5.13 Å². The molecule has 2 N–H and O–H groups in total. The molecule has 0 radical (unpaired) electrons. The summed E-state index contributed by atoms with van der Waals surface area (Å²) >= 11 is 5.51. The highest BCUT2D eigenvalue weighted by Crippen LogP contribution is 2.31. The van der Waals surface area contributed by atoms with Crippen LogP contribution in [-0.4, -0.2) is 60.0 Å². The number of hydrogen-bond donors (Lipinski definition) is 2. The molecule has 1 fully saturated rings. The minimum Gasteiger partial charge on any atom is -0.477 e. The first-order valence-electron chi connectivity index (χ1n) is 8.21. The summed E-state index contributed by atoms with van der Waals surface area (Å²) in [6.07, 6.45) is 1.03. The van der Waals surface area contributed by atoms with Crippen molar-refractivity contribution in [3.8, 4) is 0 Å². The van der Waals surface area contributed by atoms with Crippen LogP contribution in [0.15, 0.2) is 12.3 Å². The van der Waals surface area contributed by atoms with Gasteiger partial charge in [-0.15, -0.1) is 0 Å². The van der Waals surface area contributed by atoms with Gasteiger partial charge in [0.2, 0.25) is 0 Å². The Balaban J connectivity index is 1.65. The number of allylic oxidation sites excluding steroid dienone is 1. The number of amides is 1. The van der Waals surface area contributed by atoms with Crippen LogP contribution < -0.4 is 10.2 Å². The number of piperidine rings is 1. The van der Waals surface area contributed by atoms with E-state index in [2.05, 4.69) is 60.5 Å². The Morgan fingerprint density at radius 3 is 2.70 bits per heavy atom. The molecule has 0 aliphatic carbocycles. The maximum atomic E-state index is 12.5. The van der Waals surface area contributed by atoms with Crippen LogP contribution in [0.3, 0.4) is 0 Å². The van der Waals surface area contributed by atoms with Crippen molar-refractivity contribution in [1.82, 2.24) is 10.3 Å². The Labute approximate surface area is 187 Å². The molecule has 3 rings (SSSR count). The van der Waals surface area contributed by atoms with E-state index >= 15 is 0 Å². The van der Waals surface area contributed by atoms with Gasteiger partial charge in [-0.1, -0.05) is 11.3 Å². The number of rotatable bonds is 5. The molecule has 0 aromatic carbocycles. The monoisotopic (exact) mass is 616 g/mol. The zero-order valence-electron chi connectivity index (χ0n) is 14.7. The lowest BCUT2D eigenvalue weighted by Crippen LogP contribution is -2.55. The molecular weight excluding hydrogens is 598 g/mol. The number of halogens is 2. The fourth-order valence-electron chi connectivity index (χ4n) is 3.03. The van der Waals surface area contributed by atoms with Crippen molar-refractivity contribution in [2.24, 2.45) is 4.99 Å². The van der Waals surface area contributed by atoms with Gasteiger partial charge >= 0.3 is 5.97 Å². The summed E-state index contributed by atoms with van der Waals surface area (Å²) in [6.45, 7) is 2.90. The van der Waals surface area contributed by atoms with Crippen molar-refractivity contribution in [3.05, 3.63) is 17.9 Å². The van der Waals surface area contributed by atoms with E-state index in [1.54, 1.807) is 14.0 Å². The van der Waals surface area contributed by atoms with Crippen LogP contribution in [0.1, 0.15) is 28.2 Å². The molecule has 27 heavy (non-hydrogen) atoms. The normalized spacial score (nSPS) is 22.8. The van der Waals surface area contributed by atoms with Gasteiger partial charge in [0.25, 0.3) is 5.91 Å². The molecule has 0 bridgehead atoms. The number of aromatic nitrogens is 1. The molecule has 2 aliphatic rings. The van der Waals surface area contributed by atoms with Crippen LogP contribution in [0.2, 0.25) is 0 Å².